The fourth-order valence-electron chi connectivity index (χ4n) is 2.92. The molecule has 0 aliphatic heterocycles. The molecule has 3 rings (SSSR count). The number of fused-ring (bicyclic) bond motifs is 1. The molecule has 0 saturated heterocycles. The maximum atomic E-state index is 12.2. The SMILES string of the molecule is O=C(O)COC1=C(Cc2ccc3ccccc3c2)C(=O)CCC1. The van der Waals surface area contributed by atoms with Crippen LogP contribution < -0.4 is 0 Å². The van der Waals surface area contributed by atoms with E-state index in [4.69, 9.17) is 9.84 Å². The minimum absolute atomic E-state index is 0.0600. The van der Waals surface area contributed by atoms with Gasteiger partial charge in [0.2, 0.25) is 0 Å². The maximum Gasteiger partial charge on any atom is 0.341 e. The summed E-state index contributed by atoms with van der Waals surface area (Å²) in [5.41, 5.74) is 1.65. The van der Waals surface area contributed by atoms with Gasteiger partial charge in [-0.05, 0) is 22.8 Å². The molecule has 0 atom stereocenters. The van der Waals surface area contributed by atoms with E-state index in [0.717, 1.165) is 22.8 Å². The number of Topliss-reactive ketones (excluding diaryl/α,β-unsaturated/α-hetero) is 1. The molecule has 1 aliphatic carbocycles. The molecule has 0 saturated carbocycles. The number of carboxylic acids is 1. The summed E-state index contributed by atoms with van der Waals surface area (Å²) in [6.45, 7) is -0.399. The van der Waals surface area contributed by atoms with Crippen molar-refractivity contribution in [1.82, 2.24) is 0 Å². The average molecular weight is 310 g/mol. The van der Waals surface area contributed by atoms with Crippen molar-refractivity contribution in [1.29, 1.82) is 0 Å². The zero-order valence-electron chi connectivity index (χ0n) is 12.7. The highest BCUT2D eigenvalue weighted by molar-refractivity contribution is 5.97. The average Bonchev–Trinajstić information content (AvgIpc) is 2.55. The summed E-state index contributed by atoms with van der Waals surface area (Å²) in [6.07, 6.45) is 2.33. The minimum Gasteiger partial charge on any atom is -0.486 e. The molecule has 23 heavy (non-hydrogen) atoms. The Balaban J connectivity index is 1.89. The van der Waals surface area contributed by atoms with E-state index in [0.29, 0.717) is 30.6 Å². The van der Waals surface area contributed by atoms with Crippen molar-refractivity contribution in [3.8, 4) is 0 Å². The second-order valence-electron chi connectivity index (χ2n) is 5.72. The van der Waals surface area contributed by atoms with Crippen LogP contribution in [0.4, 0.5) is 0 Å². The summed E-state index contributed by atoms with van der Waals surface area (Å²) in [4.78, 5) is 22.9. The lowest BCUT2D eigenvalue weighted by Gasteiger charge is -2.19. The largest absolute Gasteiger partial charge is 0.486 e. The van der Waals surface area contributed by atoms with Gasteiger partial charge in [0.05, 0.1) is 0 Å². The summed E-state index contributed by atoms with van der Waals surface area (Å²) in [5, 5.41) is 11.1. The van der Waals surface area contributed by atoms with E-state index in [2.05, 4.69) is 6.07 Å². The van der Waals surface area contributed by atoms with Crippen molar-refractivity contribution in [2.24, 2.45) is 0 Å². The molecule has 0 bridgehead atoms. The molecule has 0 amide bonds. The number of ketones is 1. The van der Waals surface area contributed by atoms with Gasteiger partial charge in [0.1, 0.15) is 5.76 Å². The predicted molar refractivity (Wildman–Crippen MR) is 87.1 cm³/mol. The van der Waals surface area contributed by atoms with Crippen molar-refractivity contribution in [2.75, 3.05) is 6.61 Å². The van der Waals surface area contributed by atoms with Gasteiger partial charge in [-0.15, -0.1) is 0 Å². The summed E-state index contributed by atoms with van der Waals surface area (Å²) in [7, 11) is 0. The van der Waals surface area contributed by atoms with Crippen LogP contribution in [-0.4, -0.2) is 23.5 Å². The summed E-state index contributed by atoms with van der Waals surface area (Å²) < 4.78 is 5.35. The Labute approximate surface area is 134 Å². The number of hydrogen-bond donors (Lipinski definition) is 1. The van der Waals surface area contributed by atoms with E-state index < -0.39 is 12.6 Å². The predicted octanol–water partition coefficient (Wildman–Crippen LogP) is 3.49. The summed E-state index contributed by atoms with van der Waals surface area (Å²) in [6, 6.07) is 14.2. The van der Waals surface area contributed by atoms with Gasteiger partial charge in [-0.25, -0.2) is 4.79 Å². The number of rotatable bonds is 5. The minimum atomic E-state index is -1.03. The van der Waals surface area contributed by atoms with Crippen molar-refractivity contribution in [2.45, 2.75) is 25.7 Å². The monoisotopic (exact) mass is 310 g/mol. The molecule has 1 N–H and O–H groups in total. The highest BCUT2D eigenvalue weighted by Gasteiger charge is 2.22. The van der Waals surface area contributed by atoms with Gasteiger partial charge in [0.25, 0.3) is 0 Å². The highest BCUT2D eigenvalue weighted by Crippen LogP contribution is 2.27. The molecule has 4 heteroatoms. The van der Waals surface area contributed by atoms with Crippen molar-refractivity contribution >= 4 is 22.5 Å². The highest BCUT2D eigenvalue weighted by atomic mass is 16.5. The van der Waals surface area contributed by atoms with E-state index >= 15 is 0 Å². The van der Waals surface area contributed by atoms with Crippen LogP contribution in [0.2, 0.25) is 0 Å². The van der Waals surface area contributed by atoms with Crippen LogP contribution in [0.3, 0.4) is 0 Å². The van der Waals surface area contributed by atoms with E-state index in [1.165, 1.54) is 0 Å². The third-order valence-electron chi connectivity index (χ3n) is 4.05. The van der Waals surface area contributed by atoms with Gasteiger partial charge in [-0.3, -0.25) is 4.79 Å². The standard InChI is InChI=1S/C19H18O4/c20-17-6-3-7-18(23-12-19(21)22)16(17)11-13-8-9-14-4-1-2-5-15(14)10-13/h1-2,4-5,8-10H,3,6-7,11-12H2,(H,21,22). The smallest absolute Gasteiger partial charge is 0.341 e. The number of ether oxygens (including phenoxy) is 1. The zero-order valence-corrected chi connectivity index (χ0v) is 12.7. The molecule has 2 aromatic rings. The van der Waals surface area contributed by atoms with Crippen LogP contribution >= 0.6 is 0 Å². The summed E-state index contributed by atoms with van der Waals surface area (Å²) in [5.74, 6) is -0.429. The van der Waals surface area contributed by atoms with Crippen LogP contribution in [0.1, 0.15) is 24.8 Å². The van der Waals surface area contributed by atoms with Crippen LogP contribution in [0.15, 0.2) is 53.8 Å². The number of aliphatic carboxylic acids is 1. The first-order valence-corrected chi connectivity index (χ1v) is 7.71. The molecule has 118 valence electrons. The molecule has 0 heterocycles. The fraction of sp³-hybridized carbons (Fsp3) is 0.263. The maximum absolute atomic E-state index is 12.2. The Morgan fingerprint density at radius 2 is 1.87 bits per heavy atom. The van der Waals surface area contributed by atoms with Gasteiger partial charge < -0.3 is 9.84 Å². The molecular formula is C19H18O4. The van der Waals surface area contributed by atoms with Crippen LogP contribution in [0.5, 0.6) is 0 Å². The third-order valence-corrected chi connectivity index (χ3v) is 4.05. The van der Waals surface area contributed by atoms with Gasteiger partial charge >= 0.3 is 5.97 Å². The first kappa shape index (κ1) is 15.3. The number of carboxylic acid groups (broad SMARTS) is 1. The van der Waals surface area contributed by atoms with Crippen molar-refractivity contribution < 1.29 is 19.4 Å². The van der Waals surface area contributed by atoms with E-state index in [9.17, 15) is 9.59 Å². The topological polar surface area (TPSA) is 63.6 Å². The van der Waals surface area contributed by atoms with Gasteiger partial charge in [-0.2, -0.15) is 0 Å². The number of carbonyl (C=O) groups is 2. The summed E-state index contributed by atoms with van der Waals surface area (Å²) >= 11 is 0. The Bertz CT molecular complexity index is 789. The second kappa shape index (κ2) is 6.65. The number of allylic oxidation sites excluding steroid dienone is 2. The van der Waals surface area contributed by atoms with Gasteiger partial charge in [0.15, 0.2) is 12.4 Å². The fourth-order valence-corrected chi connectivity index (χ4v) is 2.92. The first-order chi connectivity index (χ1) is 11.1. The lowest BCUT2D eigenvalue weighted by Crippen LogP contribution is -2.17. The molecule has 0 unspecified atom stereocenters. The lowest BCUT2D eigenvalue weighted by molar-refractivity contribution is -0.141. The van der Waals surface area contributed by atoms with Crippen LogP contribution in [0.25, 0.3) is 10.8 Å². The Hall–Kier alpha value is -2.62. The Kier molecular flexibility index (Phi) is 4.42. The molecule has 0 spiro atoms. The molecule has 0 aromatic heterocycles. The normalized spacial score (nSPS) is 15.0. The molecule has 2 aromatic carbocycles. The molecule has 0 radical (unpaired) electrons. The molecule has 0 fully saturated rings. The Morgan fingerprint density at radius 3 is 2.65 bits per heavy atom. The molecule has 1 aliphatic rings. The van der Waals surface area contributed by atoms with E-state index in [1.807, 2.05) is 36.4 Å². The van der Waals surface area contributed by atoms with Gasteiger partial charge in [-0.1, -0.05) is 42.5 Å². The third kappa shape index (κ3) is 3.59. The molecule has 4 nitrogen and oxygen atoms in total. The van der Waals surface area contributed by atoms with Crippen LogP contribution in [0, 0.1) is 0 Å². The number of hydrogen-bond acceptors (Lipinski definition) is 3. The number of benzene rings is 2. The van der Waals surface area contributed by atoms with E-state index in [-0.39, 0.29) is 5.78 Å². The lowest BCUT2D eigenvalue weighted by atomic mass is 9.91. The molecular weight excluding hydrogens is 292 g/mol. The zero-order chi connectivity index (χ0) is 16.2. The van der Waals surface area contributed by atoms with Crippen molar-refractivity contribution in [3.63, 3.8) is 0 Å². The van der Waals surface area contributed by atoms with Crippen molar-refractivity contribution in [3.05, 3.63) is 59.4 Å². The van der Waals surface area contributed by atoms with E-state index in [1.54, 1.807) is 0 Å². The van der Waals surface area contributed by atoms with Gasteiger partial charge in [0, 0.05) is 24.8 Å². The van der Waals surface area contributed by atoms with Crippen LogP contribution in [-0.2, 0) is 20.7 Å². The Morgan fingerprint density at radius 1 is 1.09 bits per heavy atom. The quantitative estimate of drug-likeness (QED) is 0.918. The first-order valence-electron chi connectivity index (χ1n) is 7.71. The number of carbonyl (C=O) groups excluding carboxylic acids is 1. The second-order valence-corrected chi connectivity index (χ2v) is 5.72.